The Morgan fingerprint density at radius 1 is 1.35 bits per heavy atom. The number of hydrogen-bond acceptors (Lipinski definition) is 6. The average Bonchev–Trinajstić information content (AvgIpc) is 2.86. The smallest absolute Gasteiger partial charge is 0.259 e. The number of aryl methyl sites for hydroxylation is 3. The van der Waals surface area contributed by atoms with Gasteiger partial charge in [0.2, 0.25) is 5.91 Å². The average molecular weight is 400 g/mol. The van der Waals surface area contributed by atoms with Crippen LogP contribution < -0.4 is 5.56 Å². The highest BCUT2D eigenvalue weighted by molar-refractivity contribution is 7.91. The number of carbonyl (C=O) groups is 1. The van der Waals surface area contributed by atoms with Crippen LogP contribution in [0.15, 0.2) is 4.79 Å². The van der Waals surface area contributed by atoms with Crippen LogP contribution in [0.2, 0.25) is 0 Å². The lowest BCUT2D eigenvalue weighted by Gasteiger charge is -2.24. The van der Waals surface area contributed by atoms with Crippen LogP contribution in [-0.4, -0.2) is 53.8 Å². The Hall–Kier alpha value is -1.74. The molecule has 7 nitrogen and oxygen atoms in total. The van der Waals surface area contributed by atoms with Gasteiger partial charge in [0, 0.05) is 36.6 Å². The van der Waals surface area contributed by atoms with Crippen molar-refractivity contribution < 1.29 is 13.2 Å². The van der Waals surface area contributed by atoms with Crippen LogP contribution >= 0.6 is 11.3 Å². The minimum absolute atomic E-state index is 0.0550. The first-order valence-corrected chi connectivity index (χ1v) is 11.1. The molecule has 2 rings (SSSR count). The lowest BCUT2D eigenvalue weighted by atomic mass is 10.2. The topological polar surface area (TPSA) is 100 Å². The van der Waals surface area contributed by atoms with Gasteiger partial charge >= 0.3 is 0 Å². The lowest BCUT2D eigenvalue weighted by molar-refractivity contribution is -0.131. The number of nitrogens with one attached hydrogen (secondary N) is 1. The van der Waals surface area contributed by atoms with Crippen molar-refractivity contribution in [3.8, 4) is 0 Å². The predicted molar refractivity (Wildman–Crippen MR) is 105 cm³/mol. The fraction of sp³-hybridized carbons (Fsp3) is 0.588. The molecule has 2 aromatic heterocycles. The lowest BCUT2D eigenvalue weighted by Crippen LogP contribution is -2.40. The number of thiophene rings is 1. The number of sulfone groups is 1. The van der Waals surface area contributed by atoms with Crippen molar-refractivity contribution >= 4 is 37.3 Å². The molecule has 0 spiro atoms. The number of aromatic nitrogens is 2. The number of carbonyl (C=O) groups excluding carboxylic acids is 1. The number of fused-ring (bicyclic) bond motifs is 1. The Kier molecular flexibility index (Phi) is 6.23. The number of nitrogens with zero attached hydrogens (tertiary/aromatic N) is 2. The maximum Gasteiger partial charge on any atom is 0.259 e. The molecule has 0 saturated carbocycles. The van der Waals surface area contributed by atoms with Gasteiger partial charge in [-0.25, -0.2) is 13.4 Å². The zero-order valence-electron chi connectivity index (χ0n) is 15.7. The summed E-state index contributed by atoms with van der Waals surface area (Å²) in [6, 6.07) is -0.399. The summed E-state index contributed by atoms with van der Waals surface area (Å²) in [5.74, 6) is 0.300. The molecule has 26 heavy (non-hydrogen) atoms. The zero-order chi connectivity index (χ0) is 19.6. The van der Waals surface area contributed by atoms with Gasteiger partial charge in [-0.1, -0.05) is 6.92 Å². The normalized spacial score (nSPS) is 13.1. The second-order valence-electron chi connectivity index (χ2n) is 6.53. The van der Waals surface area contributed by atoms with Crippen molar-refractivity contribution in [2.75, 3.05) is 18.6 Å². The maximum atomic E-state index is 12.4. The second kappa shape index (κ2) is 7.87. The van der Waals surface area contributed by atoms with Gasteiger partial charge in [-0.15, -0.1) is 11.3 Å². The Bertz CT molecular complexity index is 976. The predicted octanol–water partition coefficient (Wildman–Crippen LogP) is 1.82. The summed E-state index contributed by atoms with van der Waals surface area (Å²) < 4.78 is 23.4. The molecule has 0 radical (unpaired) electrons. The molecule has 2 heterocycles. The molecule has 0 saturated heterocycles. The second-order valence-corrected chi connectivity index (χ2v) is 10.1. The summed E-state index contributed by atoms with van der Waals surface area (Å²) in [6.45, 7) is 7.16. The van der Waals surface area contributed by atoms with Crippen LogP contribution in [0, 0.1) is 13.8 Å². The number of H-pyrrole nitrogens is 1. The SMILES string of the molecule is CCS(=O)(=O)CC(C)N(C)C(=O)CCc1nc2sc(C)c(C)c2c(=O)[nH]1. The summed E-state index contributed by atoms with van der Waals surface area (Å²) in [7, 11) is -1.55. The third kappa shape index (κ3) is 4.50. The molecule has 0 aliphatic heterocycles. The Morgan fingerprint density at radius 3 is 2.62 bits per heavy atom. The summed E-state index contributed by atoms with van der Waals surface area (Å²) >= 11 is 1.47. The van der Waals surface area contributed by atoms with Crippen LogP contribution in [0.3, 0.4) is 0 Å². The van der Waals surface area contributed by atoms with E-state index in [0.717, 1.165) is 10.4 Å². The highest BCUT2D eigenvalue weighted by Crippen LogP contribution is 2.25. The Balaban J connectivity index is 2.07. The van der Waals surface area contributed by atoms with E-state index < -0.39 is 15.9 Å². The van der Waals surface area contributed by atoms with E-state index in [-0.39, 0.29) is 29.4 Å². The van der Waals surface area contributed by atoms with Crippen LogP contribution in [0.25, 0.3) is 10.2 Å². The third-order valence-electron chi connectivity index (χ3n) is 4.65. The van der Waals surface area contributed by atoms with E-state index in [1.54, 1.807) is 20.9 Å². The van der Waals surface area contributed by atoms with E-state index >= 15 is 0 Å². The van der Waals surface area contributed by atoms with Gasteiger partial charge in [0.25, 0.3) is 5.56 Å². The maximum absolute atomic E-state index is 12.4. The molecule has 1 amide bonds. The van der Waals surface area contributed by atoms with Gasteiger partial charge in [-0.3, -0.25) is 9.59 Å². The van der Waals surface area contributed by atoms with Crippen molar-refractivity contribution in [2.24, 2.45) is 0 Å². The highest BCUT2D eigenvalue weighted by Gasteiger charge is 2.21. The van der Waals surface area contributed by atoms with Gasteiger partial charge in [-0.05, 0) is 26.3 Å². The molecule has 144 valence electrons. The van der Waals surface area contributed by atoms with Crippen LogP contribution in [-0.2, 0) is 21.1 Å². The van der Waals surface area contributed by atoms with Crippen LogP contribution in [0.5, 0.6) is 0 Å². The molecule has 1 N–H and O–H groups in total. The van der Waals surface area contributed by atoms with Crippen LogP contribution in [0.1, 0.15) is 36.5 Å². The zero-order valence-corrected chi connectivity index (χ0v) is 17.4. The van der Waals surface area contributed by atoms with E-state index in [0.29, 0.717) is 22.5 Å². The van der Waals surface area contributed by atoms with E-state index in [4.69, 9.17) is 0 Å². The molecule has 1 atom stereocenters. The van der Waals surface area contributed by atoms with E-state index in [9.17, 15) is 18.0 Å². The molecule has 0 fully saturated rings. The molecule has 1 unspecified atom stereocenters. The van der Waals surface area contributed by atoms with Crippen molar-refractivity contribution in [1.82, 2.24) is 14.9 Å². The van der Waals surface area contributed by atoms with Crippen molar-refractivity contribution in [3.63, 3.8) is 0 Å². The summed E-state index contributed by atoms with van der Waals surface area (Å²) in [6.07, 6.45) is 0.461. The minimum atomic E-state index is -3.15. The van der Waals surface area contributed by atoms with Gasteiger partial charge in [-0.2, -0.15) is 0 Å². The summed E-state index contributed by atoms with van der Waals surface area (Å²) in [5, 5.41) is 0.609. The third-order valence-corrected chi connectivity index (χ3v) is 7.62. The Morgan fingerprint density at radius 2 is 2.00 bits per heavy atom. The monoisotopic (exact) mass is 399 g/mol. The summed E-state index contributed by atoms with van der Waals surface area (Å²) in [5.41, 5.74) is 0.752. The minimum Gasteiger partial charge on any atom is -0.342 e. The fourth-order valence-corrected chi connectivity index (χ4v) is 4.91. The van der Waals surface area contributed by atoms with Gasteiger partial charge in [0.1, 0.15) is 10.7 Å². The van der Waals surface area contributed by atoms with Gasteiger partial charge in [0.05, 0.1) is 11.1 Å². The van der Waals surface area contributed by atoms with E-state index in [2.05, 4.69) is 9.97 Å². The fourth-order valence-electron chi connectivity index (χ4n) is 2.66. The van der Waals surface area contributed by atoms with E-state index in [1.165, 1.54) is 16.2 Å². The molecule has 2 aromatic rings. The number of aromatic amines is 1. The molecule has 0 aromatic carbocycles. The van der Waals surface area contributed by atoms with Crippen molar-refractivity contribution in [2.45, 2.75) is 46.6 Å². The molecule has 0 aliphatic carbocycles. The number of rotatable bonds is 7. The molecule has 0 aliphatic rings. The molecule has 9 heteroatoms. The summed E-state index contributed by atoms with van der Waals surface area (Å²) in [4.78, 5) is 35.0. The highest BCUT2D eigenvalue weighted by atomic mass is 32.2. The first-order chi connectivity index (χ1) is 12.1. The van der Waals surface area contributed by atoms with Crippen molar-refractivity contribution in [3.05, 3.63) is 26.6 Å². The largest absolute Gasteiger partial charge is 0.342 e. The molecular formula is C17H25N3O4S2. The number of hydrogen-bond donors (Lipinski definition) is 1. The first-order valence-electron chi connectivity index (χ1n) is 8.50. The molecular weight excluding hydrogens is 374 g/mol. The van der Waals surface area contributed by atoms with Gasteiger partial charge in [0.15, 0.2) is 9.84 Å². The Labute approximate surface area is 157 Å². The molecule has 0 bridgehead atoms. The van der Waals surface area contributed by atoms with E-state index in [1.807, 2.05) is 13.8 Å². The first kappa shape index (κ1) is 20.6. The quantitative estimate of drug-likeness (QED) is 0.765. The van der Waals surface area contributed by atoms with Crippen molar-refractivity contribution in [1.29, 1.82) is 0 Å². The number of amides is 1. The van der Waals surface area contributed by atoms with Crippen LogP contribution in [0.4, 0.5) is 0 Å². The van der Waals surface area contributed by atoms with Gasteiger partial charge < -0.3 is 9.88 Å². The standard InChI is InChI=1S/C17H25N3O4S2/c1-6-26(23,24)9-10(2)20(5)14(21)8-7-13-18-16(22)15-11(3)12(4)25-17(15)19-13/h10H,6-9H2,1-5H3,(H,18,19,22).